The third-order valence-electron chi connectivity index (χ3n) is 4.02. The molecule has 0 saturated carbocycles. The maximum Gasteiger partial charge on any atom is -0.00643 e. The quantitative estimate of drug-likeness (QED) is 0.555. The van der Waals surface area contributed by atoms with Crippen LogP contribution >= 0.6 is 0 Å². The van der Waals surface area contributed by atoms with Crippen LogP contribution in [0.2, 0.25) is 0 Å². The fourth-order valence-corrected chi connectivity index (χ4v) is 2.48. The van der Waals surface area contributed by atoms with E-state index >= 15 is 0 Å². The summed E-state index contributed by atoms with van der Waals surface area (Å²) < 4.78 is 0. The molecule has 0 fully saturated rings. The first-order chi connectivity index (χ1) is 8.08. The molecule has 0 atom stereocenters. The number of hydrogen-bond donors (Lipinski definition) is 0. The number of allylic oxidation sites excluding steroid dienone is 4. The Kier molecular flexibility index (Phi) is 3.51. The van der Waals surface area contributed by atoms with Gasteiger partial charge in [0.2, 0.25) is 0 Å². The van der Waals surface area contributed by atoms with E-state index in [1.54, 1.807) is 11.1 Å². The number of hydrogen-bond acceptors (Lipinski definition) is 0. The second-order valence-electron chi connectivity index (χ2n) is 5.42. The van der Waals surface area contributed by atoms with Crippen LogP contribution in [0.4, 0.5) is 0 Å². The van der Waals surface area contributed by atoms with Gasteiger partial charge in [0.05, 0.1) is 0 Å². The lowest BCUT2D eigenvalue weighted by Crippen LogP contribution is -1.96. The molecule has 0 heterocycles. The summed E-state index contributed by atoms with van der Waals surface area (Å²) in [6.07, 6.45) is 3.37. The van der Waals surface area contributed by atoms with E-state index in [4.69, 9.17) is 0 Å². The lowest BCUT2D eigenvalue weighted by atomic mass is 9.96. The fourth-order valence-electron chi connectivity index (χ4n) is 2.48. The van der Waals surface area contributed by atoms with Gasteiger partial charge in [0, 0.05) is 0 Å². The van der Waals surface area contributed by atoms with Crippen molar-refractivity contribution in [2.75, 3.05) is 0 Å². The zero-order valence-corrected chi connectivity index (χ0v) is 11.4. The lowest BCUT2D eigenvalue weighted by molar-refractivity contribution is 1.00. The molecule has 0 N–H and O–H groups in total. The minimum Gasteiger partial charge on any atom is -0.0700 e. The standard InChI is InChI=1S/C17H22/c1-12-9-13(2)15(4)11-17-8-6-5-7-16(17)10-14(12)3/h5-8H,9-11H2,1-4H3. The Hall–Kier alpha value is -1.30. The monoisotopic (exact) mass is 226 g/mol. The summed E-state index contributed by atoms with van der Waals surface area (Å²) in [4.78, 5) is 0. The van der Waals surface area contributed by atoms with Crippen molar-refractivity contribution in [1.82, 2.24) is 0 Å². The molecular formula is C17H22. The number of rotatable bonds is 0. The molecule has 0 unspecified atom stereocenters. The largest absolute Gasteiger partial charge is 0.0700 e. The van der Waals surface area contributed by atoms with Crippen molar-refractivity contribution in [1.29, 1.82) is 0 Å². The second-order valence-corrected chi connectivity index (χ2v) is 5.42. The Morgan fingerprint density at radius 2 is 0.941 bits per heavy atom. The third-order valence-corrected chi connectivity index (χ3v) is 4.02. The molecule has 1 aliphatic carbocycles. The van der Waals surface area contributed by atoms with Gasteiger partial charge in [0.15, 0.2) is 0 Å². The van der Waals surface area contributed by atoms with Gasteiger partial charge in [-0.05, 0) is 58.1 Å². The maximum atomic E-state index is 2.28. The van der Waals surface area contributed by atoms with Crippen LogP contribution in [0.3, 0.4) is 0 Å². The summed E-state index contributed by atoms with van der Waals surface area (Å²) in [6.45, 7) is 9.11. The Balaban J connectivity index is 2.52. The van der Waals surface area contributed by atoms with Gasteiger partial charge in [0.25, 0.3) is 0 Å². The van der Waals surface area contributed by atoms with E-state index in [2.05, 4.69) is 52.0 Å². The van der Waals surface area contributed by atoms with Crippen LogP contribution < -0.4 is 0 Å². The van der Waals surface area contributed by atoms with Crippen molar-refractivity contribution < 1.29 is 0 Å². The Bertz CT molecular complexity index is 442. The van der Waals surface area contributed by atoms with Gasteiger partial charge >= 0.3 is 0 Å². The van der Waals surface area contributed by atoms with Crippen LogP contribution in [0.15, 0.2) is 46.6 Å². The van der Waals surface area contributed by atoms with Crippen molar-refractivity contribution in [3.63, 3.8) is 0 Å². The van der Waals surface area contributed by atoms with Crippen molar-refractivity contribution >= 4 is 0 Å². The van der Waals surface area contributed by atoms with Crippen molar-refractivity contribution in [3.8, 4) is 0 Å². The summed E-state index contributed by atoms with van der Waals surface area (Å²) in [5.74, 6) is 0. The van der Waals surface area contributed by atoms with E-state index in [0.717, 1.165) is 19.3 Å². The molecule has 0 spiro atoms. The molecule has 0 aromatic heterocycles. The Morgan fingerprint density at radius 3 is 1.35 bits per heavy atom. The van der Waals surface area contributed by atoms with Gasteiger partial charge in [-0.2, -0.15) is 0 Å². The van der Waals surface area contributed by atoms with Crippen LogP contribution in [0.5, 0.6) is 0 Å². The highest BCUT2D eigenvalue weighted by Crippen LogP contribution is 2.26. The van der Waals surface area contributed by atoms with Gasteiger partial charge in [-0.15, -0.1) is 0 Å². The molecule has 0 amide bonds. The van der Waals surface area contributed by atoms with Gasteiger partial charge in [-0.1, -0.05) is 46.6 Å². The minimum atomic E-state index is 1.11. The van der Waals surface area contributed by atoms with Crippen LogP contribution in [0.1, 0.15) is 45.2 Å². The molecule has 0 saturated heterocycles. The average molecular weight is 226 g/mol. The predicted octanol–water partition coefficient (Wildman–Crippen LogP) is 4.85. The van der Waals surface area contributed by atoms with Gasteiger partial charge in [-0.3, -0.25) is 0 Å². The first-order valence-electron chi connectivity index (χ1n) is 6.45. The van der Waals surface area contributed by atoms with Crippen molar-refractivity contribution in [2.24, 2.45) is 0 Å². The molecule has 0 radical (unpaired) electrons. The van der Waals surface area contributed by atoms with E-state index in [1.807, 2.05) is 0 Å². The van der Waals surface area contributed by atoms with Gasteiger partial charge < -0.3 is 0 Å². The zero-order chi connectivity index (χ0) is 12.4. The third kappa shape index (κ3) is 2.69. The summed E-state index contributed by atoms with van der Waals surface area (Å²) in [5, 5.41) is 0. The van der Waals surface area contributed by atoms with Crippen LogP contribution in [-0.2, 0) is 12.8 Å². The van der Waals surface area contributed by atoms with Gasteiger partial charge in [0.1, 0.15) is 0 Å². The molecule has 1 aromatic rings. The first kappa shape index (κ1) is 12.2. The highest BCUT2D eigenvalue weighted by Gasteiger charge is 2.10. The molecular weight excluding hydrogens is 204 g/mol. The van der Waals surface area contributed by atoms with Crippen LogP contribution in [0.25, 0.3) is 0 Å². The van der Waals surface area contributed by atoms with E-state index in [9.17, 15) is 0 Å². The van der Waals surface area contributed by atoms with E-state index < -0.39 is 0 Å². The van der Waals surface area contributed by atoms with E-state index in [1.165, 1.54) is 22.3 Å². The van der Waals surface area contributed by atoms with Crippen LogP contribution in [-0.4, -0.2) is 0 Å². The zero-order valence-electron chi connectivity index (χ0n) is 11.4. The van der Waals surface area contributed by atoms with E-state index in [-0.39, 0.29) is 0 Å². The number of fused-ring (bicyclic) bond motifs is 1. The van der Waals surface area contributed by atoms with Gasteiger partial charge in [-0.25, -0.2) is 0 Å². The maximum absolute atomic E-state index is 2.28. The van der Waals surface area contributed by atoms with Crippen molar-refractivity contribution in [3.05, 3.63) is 57.7 Å². The molecule has 0 aliphatic heterocycles. The molecule has 0 bridgehead atoms. The highest BCUT2D eigenvalue weighted by molar-refractivity contribution is 5.37. The molecule has 0 heteroatoms. The normalized spacial score (nSPS) is 17.4. The average Bonchev–Trinajstić information content (AvgIpc) is 2.33. The summed E-state index contributed by atoms with van der Waals surface area (Å²) in [5.41, 5.74) is 9.15. The smallest absolute Gasteiger partial charge is 0.00643 e. The molecule has 1 aliphatic rings. The SMILES string of the molecule is CC1=C(C)Cc2ccccc2CC(C)=C(C)C1. The Morgan fingerprint density at radius 1 is 0.588 bits per heavy atom. The van der Waals surface area contributed by atoms with Crippen LogP contribution in [0, 0.1) is 0 Å². The molecule has 2 rings (SSSR count). The van der Waals surface area contributed by atoms with Crippen molar-refractivity contribution in [2.45, 2.75) is 47.0 Å². The summed E-state index contributed by atoms with van der Waals surface area (Å²) >= 11 is 0. The fraction of sp³-hybridized carbons (Fsp3) is 0.412. The highest BCUT2D eigenvalue weighted by atomic mass is 14.2. The summed E-state index contributed by atoms with van der Waals surface area (Å²) in [7, 11) is 0. The lowest BCUT2D eigenvalue weighted by Gasteiger charge is -2.09. The predicted molar refractivity (Wildman–Crippen MR) is 75.2 cm³/mol. The number of benzene rings is 1. The first-order valence-corrected chi connectivity index (χ1v) is 6.45. The second kappa shape index (κ2) is 4.91. The molecule has 17 heavy (non-hydrogen) atoms. The molecule has 90 valence electrons. The molecule has 0 nitrogen and oxygen atoms in total. The topological polar surface area (TPSA) is 0 Å². The Labute approximate surface area is 105 Å². The molecule has 1 aromatic carbocycles. The minimum absolute atomic E-state index is 1.11. The van der Waals surface area contributed by atoms with E-state index in [0.29, 0.717) is 0 Å². The summed E-state index contributed by atoms with van der Waals surface area (Å²) in [6, 6.07) is 8.87.